The van der Waals surface area contributed by atoms with Gasteiger partial charge in [0.25, 0.3) is 0 Å². The molecule has 0 bridgehead atoms. The van der Waals surface area contributed by atoms with Crippen LogP contribution in [0.15, 0.2) is 37.1 Å². The van der Waals surface area contributed by atoms with Gasteiger partial charge in [-0.15, -0.1) is 0 Å². The first kappa shape index (κ1) is 13.0. The first-order valence-electron chi connectivity index (χ1n) is 6.26. The zero-order chi connectivity index (χ0) is 14.2. The van der Waals surface area contributed by atoms with Gasteiger partial charge in [0.2, 0.25) is 0 Å². The Kier molecular flexibility index (Phi) is 3.11. The molecule has 1 aliphatic heterocycles. The molecule has 0 aliphatic carbocycles. The van der Waals surface area contributed by atoms with Crippen molar-refractivity contribution in [2.45, 2.75) is 12.7 Å². The van der Waals surface area contributed by atoms with E-state index in [1.165, 1.54) is 6.07 Å². The monoisotopic (exact) mass is 282 g/mol. The standard InChI is InChI=1S/C13H13F3N4/c14-13(15,16)11-1-2-12(18-5-11)20-7-10(8-20)6-19-4-3-17-9-19/h1-5,9-10H,6-8H2. The fourth-order valence-corrected chi connectivity index (χ4v) is 2.31. The Bertz CT molecular complexity index is 556. The summed E-state index contributed by atoms with van der Waals surface area (Å²) in [5.41, 5.74) is -0.711. The molecule has 20 heavy (non-hydrogen) atoms. The van der Waals surface area contributed by atoms with Crippen LogP contribution in [0.2, 0.25) is 0 Å². The fraction of sp³-hybridized carbons (Fsp3) is 0.385. The summed E-state index contributed by atoms with van der Waals surface area (Å²) in [5, 5.41) is 0. The molecule has 2 aromatic heterocycles. The summed E-state index contributed by atoms with van der Waals surface area (Å²) in [6, 6.07) is 2.50. The number of hydrogen-bond acceptors (Lipinski definition) is 3. The molecule has 7 heteroatoms. The van der Waals surface area contributed by atoms with Crippen molar-refractivity contribution < 1.29 is 13.2 Å². The van der Waals surface area contributed by atoms with Crippen LogP contribution in [0.5, 0.6) is 0 Å². The molecule has 1 aliphatic rings. The molecule has 3 rings (SSSR count). The summed E-state index contributed by atoms with van der Waals surface area (Å²) in [6.07, 6.45) is 1.95. The lowest BCUT2D eigenvalue weighted by Crippen LogP contribution is -2.48. The van der Waals surface area contributed by atoms with E-state index < -0.39 is 11.7 Å². The van der Waals surface area contributed by atoms with Crippen molar-refractivity contribution in [1.82, 2.24) is 14.5 Å². The largest absolute Gasteiger partial charge is 0.417 e. The van der Waals surface area contributed by atoms with Crippen molar-refractivity contribution in [3.05, 3.63) is 42.6 Å². The fourth-order valence-electron chi connectivity index (χ4n) is 2.31. The number of anilines is 1. The maximum Gasteiger partial charge on any atom is 0.417 e. The van der Waals surface area contributed by atoms with E-state index in [-0.39, 0.29) is 0 Å². The van der Waals surface area contributed by atoms with Crippen molar-refractivity contribution in [2.75, 3.05) is 18.0 Å². The minimum Gasteiger partial charge on any atom is -0.356 e. The first-order chi connectivity index (χ1) is 9.52. The zero-order valence-electron chi connectivity index (χ0n) is 10.6. The molecule has 0 spiro atoms. The van der Waals surface area contributed by atoms with Gasteiger partial charge in [0.05, 0.1) is 11.9 Å². The number of aromatic nitrogens is 3. The molecular weight excluding hydrogens is 269 g/mol. The average molecular weight is 282 g/mol. The zero-order valence-corrected chi connectivity index (χ0v) is 10.6. The molecule has 0 amide bonds. The second-order valence-electron chi connectivity index (χ2n) is 4.93. The summed E-state index contributed by atoms with van der Waals surface area (Å²) in [7, 11) is 0. The van der Waals surface area contributed by atoms with Gasteiger partial charge in [0.15, 0.2) is 0 Å². The molecule has 0 radical (unpaired) electrons. The van der Waals surface area contributed by atoms with E-state index in [1.54, 1.807) is 12.5 Å². The predicted octanol–water partition coefficient (Wildman–Crippen LogP) is 2.43. The lowest BCUT2D eigenvalue weighted by Gasteiger charge is -2.40. The van der Waals surface area contributed by atoms with E-state index in [2.05, 4.69) is 9.97 Å². The van der Waals surface area contributed by atoms with Gasteiger partial charge in [-0.1, -0.05) is 0 Å². The maximum absolute atomic E-state index is 12.4. The van der Waals surface area contributed by atoms with Gasteiger partial charge in [0.1, 0.15) is 5.82 Å². The van der Waals surface area contributed by atoms with Crippen molar-refractivity contribution >= 4 is 5.82 Å². The van der Waals surface area contributed by atoms with E-state index in [0.29, 0.717) is 11.7 Å². The Hall–Kier alpha value is -2.05. The van der Waals surface area contributed by atoms with Gasteiger partial charge >= 0.3 is 6.18 Å². The smallest absolute Gasteiger partial charge is 0.356 e. The summed E-state index contributed by atoms with van der Waals surface area (Å²) in [6.45, 7) is 2.48. The molecule has 1 fully saturated rings. The van der Waals surface area contributed by atoms with Crippen molar-refractivity contribution in [2.24, 2.45) is 5.92 Å². The Morgan fingerprint density at radius 3 is 2.60 bits per heavy atom. The third kappa shape index (κ3) is 2.61. The lowest BCUT2D eigenvalue weighted by molar-refractivity contribution is -0.137. The van der Waals surface area contributed by atoms with Crippen molar-refractivity contribution in [3.8, 4) is 0 Å². The number of imidazole rings is 1. The van der Waals surface area contributed by atoms with E-state index in [4.69, 9.17) is 0 Å². The highest BCUT2D eigenvalue weighted by molar-refractivity contribution is 5.42. The van der Waals surface area contributed by atoms with Crippen LogP contribution in [0.25, 0.3) is 0 Å². The van der Waals surface area contributed by atoms with Crippen LogP contribution in [-0.4, -0.2) is 27.6 Å². The number of hydrogen-bond donors (Lipinski definition) is 0. The van der Waals surface area contributed by atoms with Crippen molar-refractivity contribution in [1.29, 1.82) is 0 Å². The van der Waals surface area contributed by atoms with Gasteiger partial charge in [0, 0.05) is 44.1 Å². The van der Waals surface area contributed by atoms with Gasteiger partial charge in [-0.25, -0.2) is 9.97 Å². The number of alkyl halides is 3. The molecule has 3 heterocycles. The lowest BCUT2D eigenvalue weighted by atomic mass is 10.00. The highest BCUT2D eigenvalue weighted by Gasteiger charge is 2.32. The van der Waals surface area contributed by atoms with Crippen LogP contribution >= 0.6 is 0 Å². The molecule has 0 aromatic carbocycles. The Balaban J connectivity index is 1.57. The van der Waals surface area contributed by atoms with Gasteiger partial charge in [-0.3, -0.25) is 0 Å². The van der Waals surface area contributed by atoms with Crippen LogP contribution in [0.4, 0.5) is 19.0 Å². The molecule has 0 unspecified atom stereocenters. The summed E-state index contributed by atoms with van der Waals surface area (Å²) < 4.78 is 39.3. The number of rotatable bonds is 3. The maximum atomic E-state index is 12.4. The van der Waals surface area contributed by atoms with E-state index in [1.807, 2.05) is 15.7 Å². The number of halogens is 3. The van der Waals surface area contributed by atoms with E-state index in [9.17, 15) is 13.2 Å². The minimum atomic E-state index is -4.33. The molecule has 0 N–H and O–H groups in total. The van der Waals surface area contributed by atoms with Crippen LogP contribution in [0.1, 0.15) is 5.56 Å². The molecule has 2 aromatic rings. The molecule has 4 nitrogen and oxygen atoms in total. The highest BCUT2D eigenvalue weighted by Crippen LogP contribution is 2.30. The van der Waals surface area contributed by atoms with Gasteiger partial charge < -0.3 is 9.47 Å². The quantitative estimate of drug-likeness (QED) is 0.867. The normalized spacial score (nSPS) is 16.2. The van der Waals surface area contributed by atoms with E-state index >= 15 is 0 Å². The Morgan fingerprint density at radius 2 is 2.05 bits per heavy atom. The molecular formula is C13H13F3N4. The van der Waals surface area contributed by atoms with Gasteiger partial charge in [-0.2, -0.15) is 13.2 Å². The second-order valence-corrected chi connectivity index (χ2v) is 4.93. The van der Waals surface area contributed by atoms with Crippen LogP contribution < -0.4 is 4.90 Å². The first-order valence-corrected chi connectivity index (χ1v) is 6.26. The third-order valence-corrected chi connectivity index (χ3v) is 3.38. The molecule has 0 atom stereocenters. The minimum absolute atomic E-state index is 0.480. The number of pyridine rings is 1. The summed E-state index contributed by atoms with van der Waals surface area (Å²) in [5.74, 6) is 1.08. The Labute approximate surface area is 113 Å². The Morgan fingerprint density at radius 1 is 1.25 bits per heavy atom. The molecule has 0 saturated carbocycles. The van der Waals surface area contributed by atoms with Crippen LogP contribution in [-0.2, 0) is 12.7 Å². The number of nitrogens with zero attached hydrogens (tertiary/aromatic N) is 4. The summed E-state index contributed by atoms with van der Waals surface area (Å²) >= 11 is 0. The third-order valence-electron chi connectivity index (χ3n) is 3.38. The summed E-state index contributed by atoms with van der Waals surface area (Å²) in [4.78, 5) is 9.83. The predicted molar refractivity (Wildman–Crippen MR) is 67.2 cm³/mol. The molecule has 106 valence electrons. The van der Waals surface area contributed by atoms with Gasteiger partial charge in [-0.05, 0) is 12.1 Å². The second kappa shape index (κ2) is 4.81. The van der Waals surface area contributed by atoms with Crippen LogP contribution in [0.3, 0.4) is 0 Å². The van der Waals surface area contributed by atoms with Crippen LogP contribution in [0, 0.1) is 5.92 Å². The van der Waals surface area contributed by atoms with Crippen molar-refractivity contribution in [3.63, 3.8) is 0 Å². The topological polar surface area (TPSA) is 34.0 Å². The highest BCUT2D eigenvalue weighted by atomic mass is 19.4. The van der Waals surface area contributed by atoms with E-state index in [0.717, 1.165) is 31.9 Å². The molecule has 1 saturated heterocycles. The SMILES string of the molecule is FC(F)(F)c1ccc(N2CC(Cn3ccnc3)C2)nc1. The average Bonchev–Trinajstić information content (AvgIpc) is 2.85.